The molecule has 1 amide bonds. The zero-order valence-corrected chi connectivity index (χ0v) is 11.9. The predicted molar refractivity (Wildman–Crippen MR) is 75.6 cm³/mol. The topological polar surface area (TPSA) is 59.6 Å². The molecule has 0 saturated heterocycles. The zero-order chi connectivity index (χ0) is 14.8. The van der Waals surface area contributed by atoms with Crippen molar-refractivity contribution in [2.24, 2.45) is 0 Å². The van der Waals surface area contributed by atoms with Gasteiger partial charge in [-0.15, -0.1) is 0 Å². The number of anilines is 1. The molecule has 112 valence electrons. The zero-order valence-electron chi connectivity index (χ0n) is 11.9. The van der Waals surface area contributed by atoms with E-state index in [4.69, 9.17) is 9.47 Å². The van der Waals surface area contributed by atoms with Crippen LogP contribution in [-0.4, -0.2) is 46.4 Å². The van der Waals surface area contributed by atoms with Gasteiger partial charge in [-0.2, -0.15) is 0 Å². The summed E-state index contributed by atoms with van der Waals surface area (Å²) in [5, 5.41) is 5.43. The molecule has 0 radical (unpaired) electrons. The Bertz CT molecular complexity index is 427. The summed E-state index contributed by atoms with van der Waals surface area (Å²) in [6.45, 7) is 2.12. The number of hydrogen-bond acceptors (Lipinski definition) is 4. The molecular formula is C14H21FN2O3. The van der Waals surface area contributed by atoms with Crippen LogP contribution < -0.4 is 10.6 Å². The molecule has 0 fully saturated rings. The summed E-state index contributed by atoms with van der Waals surface area (Å²) in [5.74, 6) is -0.742. The van der Waals surface area contributed by atoms with Crippen molar-refractivity contribution >= 4 is 11.6 Å². The van der Waals surface area contributed by atoms with Crippen LogP contribution in [0.3, 0.4) is 0 Å². The number of carbonyl (C=O) groups is 1. The Labute approximate surface area is 118 Å². The average Bonchev–Trinajstić information content (AvgIpc) is 2.45. The highest BCUT2D eigenvalue weighted by Gasteiger charge is 2.13. The molecule has 1 aromatic carbocycles. The van der Waals surface area contributed by atoms with Gasteiger partial charge < -0.3 is 20.1 Å². The van der Waals surface area contributed by atoms with E-state index in [1.165, 1.54) is 12.1 Å². The molecule has 1 aromatic rings. The Morgan fingerprint density at radius 3 is 2.80 bits per heavy atom. The quantitative estimate of drug-likeness (QED) is 0.677. The Morgan fingerprint density at radius 1 is 1.30 bits per heavy atom. The molecule has 0 heterocycles. The van der Waals surface area contributed by atoms with Crippen molar-refractivity contribution in [1.82, 2.24) is 5.32 Å². The number of rotatable bonds is 9. The van der Waals surface area contributed by atoms with Gasteiger partial charge in [-0.1, -0.05) is 6.07 Å². The first-order valence-electron chi connectivity index (χ1n) is 6.51. The van der Waals surface area contributed by atoms with E-state index in [-0.39, 0.29) is 11.6 Å². The van der Waals surface area contributed by atoms with Gasteiger partial charge in [0.05, 0.1) is 24.5 Å². The molecule has 5 nitrogen and oxygen atoms in total. The molecule has 1 rings (SSSR count). The van der Waals surface area contributed by atoms with Crippen LogP contribution in [0.15, 0.2) is 18.2 Å². The van der Waals surface area contributed by atoms with E-state index in [1.54, 1.807) is 20.2 Å². The lowest BCUT2D eigenvalue weighted by Gasteiger charge is -2.10. The lowest BCUT2D eigenvalue weighted by atomic mass is 10.1. The molecule has 6 heteroatoms. The van der Waals surface area contributed by atoms with Crippen molar-refractivity contribution < 1.29 is 18.7 Å². The molecule has 2 N–H and O–H groups in total. The smallest absolute Gasteiger partial charge is 0.253 e. The van der Waals surface area contributed by atoms with Crippen molar-refractivity contribution in [2.45, 2.75) is 6.42 Å². The lowest BCUT2D eigenvalue weighted by molar-refractivity contribution is 0.0688. The Hall–Kier alpha value is -1.66. The summed E-state index contributed by atoms with van der Waals surface area (Å²) in [7, 11) is 3.20. The van der Waals surface area contributed by atoms with Crippen LogP contribution in [0.5, 0.6) is 0 Å². The van der Waals surface area contributed by atoms with Crippen molar-refractivity contribution in [3.05, 3.63) is 29.6 Å². The Kier molecular flexibility index (Phi) is 7.60. The molecule has 0 unspecified atom stereocenters. The molecule has 0 saturated carbocycles. The van der Waals surface area contributed by atoms with Gasteiger partial charge in [0.15, 0.2) is 0 Å². The maximum atomic E-state index is 13.5. The van der Waals surface area contributed by atoms with Gasteiger partial charge in [0.1, 0.15) is 5.82 Å². The number of amides is 1. The van der Waals surface area contributed by atoms with Crippen molar-refractivity contribution in [1.29, 1.82) is 0 Å². The van der Waals surface area contributed by atoms with Crippen LogP contribution >= 0.6 is 0 Å². The van der Waals surface area contributed by atoms with Gasteiger partial charge in [-0.25, -0.2) is 4.39 Å². The van der Waals surface area contributed by atoms with Crippen LogP contribution in [0.25, 0.3) is 0 Å². The number of halogens is 1. The third kappa shape index (κ3) is 5.14. The van der Waals surface area contributed by atoms with Gasteiger partial charge >= 0.3 is 0 Å². The standard InChI is InChI=1S/C14H21FN2O3/c1-16-13-11(5-3-6-12(13)15)14(18)17-7-4-8-20-10-9-19-2/h3,5-6,16H,4,7-10H2,1-2H3,(H,17,18). The highest BCUT2D eigenvalue weighted by molar-refractivity contribution is 5.99. The van der Waals surface area contributed by atoms with E-state index in [2.05, 4.69) is 10.6 Å². The number of benzene rings is 1. The molecule has 0 aliphatic heterocycles. The average molecular weight is 284 g/mol. The minimum atomic E-state index is -0.442. The van der Waals surface area contributed by atoms with Gasteiger partial charge in [0, 0.05) is 27.3 Å². The van der Waals surface area contributed by atoms with Crippen LogP contribution in [-0.2, 0) is 9.47 Å². The van der Waals surface area contributed by atoms with Crippen molar-refractivity contribution in [3.63, 3.8) is 0 Å². The minimum absolute atomic E-state index is 0.210. The SMILES string of the molecule is CNc1c(F)cccc1C(=O)NCCCOCCOC. The minimum Gasteiger partial charge on any atom is -0.385 e. The first kappa shape index (κ1) is 16.4. The molecule has 0 atom stereocenters. The Balaban J connectivity index is 2.35. The number of nitrogens with one attached hydrogen (secondary N) is 2. The molecular weight excluding hydrogens is 263 g/mol. The fraction of sp³-hybridized carbons (Fsp3) is 0.500. The second kappa shape index (κ2) is 9.28. The third-order valence-electron chi connectivity index (χ3n) is 2.69. The molecule has 0 spiro atoms. The first-order valence-corrected chi connectivity index (χ1v) is 6.51. The molecule has 0 bridgehead atoms. The number of para-hydroxylation sites is 1. The second-order valence-electron chi connectivity index (χ2n) is 4.13. The van der Waals surface area contributed by atoms with E-state index < -0.39 is 5.82 Å². The highest BCUT2D eigenvalue weighted by Crippen LogP contribution is 2.18. The second-order valence-corrected chi connectivity index (χ2v) is 4.13. The summed E-state index contributed by atoms with van der Waals surface area (Å²) >= 11 is 0. The van der Waals surface area contributed by atoms with E-state index >= 15 is 0 Å². The monoisotopic (exact) mass is 284 g/mol. The Morgan fingerprint density at radius 2 is 2.10 bits per heavy atom. The first-order chi connectivity index (χ1) is 9.70. The highest BCUT2D eigenvalue weighted by atomic mass is 19.1. The van der Waals surface area contributed by atoms with E-state index in [0.29, 0.717) is 38.3 Å². The largest absolute Gasteiger partial charge is 0.385 e. The van der Waals surface area contributed by atoms with Crippen LogP contribution in [0.4, 0.5) is 10.1 Å². The molecule has 0 aromatic heterocycles. The van der Waals surface area contributed by atoms with Crippen molar-refractivity contribution in [2.75, 3.05) is 45.8 Å². The van der Waals surface area contributed by atoms with Gasteiger partial charge in [0.25, 0.3) is 5.91 Å². The summed E-state index contributed by atoms with van der Waals surface area (Å²) in [6.07, 6.45) is 0.694. The van der Waals surface area contributed by atoms with Crippen LogP contribution in [0.1, 0.15) is 16.8 Å². The van der Waals surface area contributed by atoms with Gasteiger partial charge in [-0.05, 0) is 18.6 Å². The summed E-state index contributed by atoms with van der Waals surface area (Å²) in [4.78, 5) is 11.9. The number of methoxy groups -OCH3 is 1. The fourth-order valence-corrected chi connectivity index (χ4v) is 1.68. The number of carbonyl (C=O) groups excluding carboxylic acids is 1. The van der Waals surface area contributed by atoms with E-state index in [9.17, 15) is 9.18 Å². The van der Waals surface area contributed by atoms with Crippen molar-refractivity contribution in [3.8, 4) is 0 Å². The summed E-state index contributed by atoms with van der Waals surface area (Å²) in [5.41, 5.74) is 0.508. The predicted octanol–water partition coefficient (Wildman–Crippen LogP) is 1.65. The van der Waals surface area contributed by atoms with Crippen LogP contribution in [0, 0.1) is 5.82 Å². The van der Waals surface area contributed by atoms with Gasteiger partial charge in [-0.3, -0.25) is 4.79 Å². The lowest BCUT2D eigenvalue weighted by Crippen LogP contribution is -2.26. The third-order valence-corrected chi connectivity index (χ3v) is 2.69. The number of hydrogen-bond donors (Lipinski definition) is 2. The van der Waals surface area contributed by atoms with Crippen LogP contribution in [0.2, 0.25) is 0 Å². The van der Waals surface area contributed by atoms with E-state index in [1.807, 2.05) is 0 Å². The summed E-state index contributed by atoms with van der Waals surface area (Å²) < 4.78 is 23.6. The maximum absolute atomic E-state index is 13.5. The van der Waals surface area contributed by atoms with Gasteiger partial charge in [0.2, 0.25) is 0 Å². The molecule has 20 heavy (non-hydrogen) atoms. The normalized spacial score (nSPS) is 10.3. The molecule has 0 aliphatic rings. The maximum Gasteiger partial charge on any atom is 0.253 e. The van der Waals surface area contributed by atoms with E-state index in [0.717, 1.165) is 0 Å². The summed E-state index contributed by atoms with van der Waals surface area (Å²) in [6, 6.07) is 4.41. The molecule has 0 aliphatic carbocycles. The number of ether oxygens (including phenoxy) is 2. The fourth-order valence-electron chi connectivity index (χ4n) is 1.68.